The van der Waals surface area contributed by atoms with Crippen LogP contribution in [0.4, 0.5) is 10.1 Å². The van der Waals surface area contributed by atoms with Gasteiger partial charge in [0.25, 0.3) is 0 Å². The van der Waals surface area contributed by atoms with E-state index >= 15 is 0 Å². The van der Waals surface area contributed by atoms with Crippen molar-refractivity contribution in [2.75, 3.05) is 37.7 Å². The average Bonchev–Trinajstić information content (AvgIpc) is 3.09. The first-order valence-corrected chi connectivity index (χ1v) is 10.5. The van der Waals surface area contributed by atoms with Crippen molar-refractivity contribution in [3.63, 3.8) is 0 Å². The largest absolute Gasteiger partial charge is 0.506 e. The number of hydrogen-bond donors (Lipinski definition) is 1. The van der Waals surface area contributed by atoms with E-state index in [1.807, 2.05) is 24.3 Å². The fraction of sp³-hybridized carbons (Fsp3) is 0.318. The van der Waals surface area contributed by atoms with Crippen molar-refractivity contribution in [1.82, 2.24) is 4.90 Å². The fourth-order valence-electron chi connectivity index (χ4n) is 3.78. The number of piperazine rings is 1. The predicted molar refractivity (Wildman–Crippen MR) is 113 cm³/mol. The highest BCUT2D eigenvalue weighted by Crippen LogP contribution is 2.35. The number of carbonyl (C=O) groups is 1. The number of rotatable bonds is 5. The highest BCUT2D eigenvalue weighted by atomic mass is 32.1. The van der Waals surface area contributed by atoms with Gasteiger partial charge in [-0.3, -0.25) is 4.90 Å². The van der Waals surface area contributed by atoms with Gasteiger partial charge >= 0.3 is 5.97 Å². The number of esters is 1. The Morgan fingerprint density at radius 1 is 1.14 bits per heavy atom. The Morgan fingerprint density at radius 2 is 1.90 bits per heavy atom. The molecule has 0 bridgehead atoms. The van der Waals surface area contributed by atoms with Crippen LogP contribution in [0.1, 0.15) is 22.2 Å². The van der Waals surface area contributed by atoms with E-state index in [2.05, 4.69) is 9.80 Å². The van der Waals surface area contributed by atoms with Gasteiger partial charge in [0.2, 0.25) is 0 Å². The zero-order valence-electron chi connectivity index (χ0n) is 16.2. The third-order valence-corrected chi connectivity index (χ3v) is 6.38. The van der Waals surface area contributed by atoms with Gasteiger partial charge in [0.1, 0.15) is 16.4 Å². The summed E-state index contributed by atoms with van der Waals surface area (Å²) >= 11 is 1.29. The Hall–Kier alpha value is -2.64. The Bertz CT molecular complexity index is 1030. The van der Waals surface area contributed by atoms with Crippen molar-refractivity contribution in [1.29, 1.82) is 0 Å². The van der Waals surface area contributed by atoms with E-state index in [0.29, 0.717) is 22.4 Å². The lowest BCUT2D eigenvalue weighted by atomic mass is 10.1. The van der Waals surface area contributed by atoms with Crippen molar-refractivity contribution >= 4 is 33.1 Å². The molecule has 1 aliphatic heterocycles. The van der Waals surface area contributed by atoms with Crippen LogP contribution in [0.2, 0.25) is 0 Å². The summed E-state index contributed by atoms with van der Waals surface area (Å²) in [4.78, 5) is 17.3. The number of ether oxygens (including phenoxy) is 1. The first-order chi connectivity index (χ1) is 14.1. The van der Waals surface area contributed by atoms with Crippen LogP contribution >= 0.6 is 11.3 Å². The highest BCUT2D eigenvalue weighted by molar-refractivity contribution is 7.21. The number of para-hydroxylation sites is 2. The van der Waals surface area contributed by atoms with Crippen LogP contribution in [0.3, 0.4) is 0 Å². The topological polar surface area (TPSA) is 53.0 Å². The number of fused-ring (bicyclic) bond motifs is 1. The van der Waals surface area contributed by atoms with Crippen LogP contribution in [-0.4, -0.2) is 48.8 Å². The number of anilines is 1. The Morgan fingerprint density at radius 3 is 2.62 bits per heavy atom. The van der Waals surface area contributed by atoms with Crippen LogP contribution in [0.5, 0.6) is 5.75 Å². The predicted octanol–water partition coefficient (Wildman–Crippen LogP) is 4.24. The van der Waals surface area contributed by atoms with E-state index in [1.54, 1.807) is 19.1 Å². The molecule has 5 nitrogen and oxygen atoms in total. The van der Waals surface area contributed by atoms with Crippen molar-refractivity contribution in [2.24, 2.45) is 0 Å². The van der Waals surface area contributed by atoms with Crippen LogP contribution in [-0.2, 0) is 11.3 Å². The molecule has 0 saturated carbocycles. The molecule has 4 rings (SSSR count). The third kappa shape index (κ3) is 3.93. The molecule has 1 aliphatic rings. The van der Waals surface area contributed by atoms with Gasteiger partial charge in [-0.1, -0.05) is 18.2 Å². The quantitative estimate of drug-likeness (QED) is 0.633. The molecule has 1 saturated heterocycles. The third-order valence-electron chi connectivity index (χ3n) is 5.20. The number of aromatic hydroxyl groups is 1. The highest BCUT2D eigenvalue weighted by Gasteiger charge is 2.25. The van der Waals surface area contributed by atoms with Gasteiger partial charge in [-0.05, 0) is 31.2 Å². The monoisotopic (exact) mass is 414 g/mol. The van der Waals surface area contributed by atoms with E-state index in [1.165, 1.54) is 17.4 Å². The minimum atomic E-state index is -0.393. The number of phenolic OH excluding ortho intramolecular Hbond substituents is 1. The second-order valence-corrected chi connectivity index (χ2v) is 8.05. The minimum absolute atomic E-state index is 0.274. The molecule has 1 aromatic heterocycles. The van der Waals surface area contributed by atoms with Gasteiger partial charge in [0.05, 0.1) is 12.3 Å². The Kier molecular flexibility index (Phi) is 5.69. The number of thiophene rings is 1. The lowest BCUT2D eigenvalue weighted by Gasteiger charge is -2.36. The molecule has 0 spiro atoms. The van der Waals surface area contributed by atoms with E-state index in [4.69, 9.17) is 4.74 Å². The standard InChI is InChI=1S/C22H23FN2O3S/c1-2-28-22(27)21-15(20-16(23)6-5-9-19(20)29-21)14-24-10-12-25(13-11-24)17-7-3-4-8-18(17)26/h3-9,26H,2,10-14H2,1H3. The number of hydrogen-bond acceptors (Lipinski definition) is 6. The van der Waals surface area contributed by atoms with Crippen LogP contribution in [0.15, 0.2) is 42.5 Å². The van der Waals surface area contributed by atoms with Crippen LogP contribution in [0, 0.1) is 5.82 Å². The van der Waals surface area contributed by atoms with Crippen molar-refractivity contribution < 1.29 is 19.0 Å². The van der Waals surface area contributed by atoms with Gasteiger partial charge < -0.3 is 14.7 Å². The molecule has 0 aliphatic carbocycles. The average molecular weight is 415 g/mol. The molecule has 3 aromatic rings. The van der Waals surface area contributed by atoms with Gasteiger partial charge in [-0.15, -0.1) is 11.3 Å². The lowest BCUT2D eigenvalue weighted by molar-refractivity contribution is 0.0530. The summed E-state index contributed by atoms with van der Waals surface area (Å²) < 4.78 is 20.6. The second kappa shape index (κ2) is 8.39. The Balaban J connectivity index is 1.56. The number of halogens is 1. The van der Waals surface area contributed by atoms with Crippen molar-refractivity contribution in [3.05, 3.63) is 58.7 Å². The molecular weight excluding hydrogens is 391 g/mol. The smallest absolute Gasteiger partial charge is 0.348 e. The van der Waals surface area contributed by atoms with Crippen LogP contribution < -0.4 is 4.90 Å². The summed E-state index contributed by atoms with van der Waals surface area (Å²) in [5.41, 5.74) is 1.53. The van der Waals surface area contributed by atoms with E-state index < -0.39 is 5.97 Å². The molecule has 2 heterocycles. The summed E-state index contributed by atoms with van der Waals surface area (Å²) in [6.45, 7) is 5.54. The minimum Gasteiger partial charge on any atom is -0.506 e. The molecule has 2 aromatic carbocycles. The summed E-state index contributed by atoms with van der Waals surface area (Å²) in [6, 6.07) is 12.3. The maximum absolute atomic E-state index is 14.6. The van der Waals surface area contributed by atoms with Gasteiger partial charge in [0, 0.05) is 48.4 Å². The summed E-state index contributed by atoms with van der Waals surface area (Å²) in [6.07, 6.45) is 0. The molecule has 7 heteroatoms. The normalized spacial score (nSPS) is 15.0. The molecule has 0 unspecified atom stereocenters. The maximum Gasteiger partial charge on any atom is 0.348 e. The second-order valence-electron chi connectivity index (χ2n) is 7.00. The molecule has 1 N–H and O–H groups in total. The van der Waals surface area contributed by atoms with Crippen molar-refractivity contribution in [3.8, 4) is 5.75 Å². The molecule has 1 fully saturated rings. The zero-order valence-corrected chi connectivity index (χ0v) is 17.0. The summed E-state index contributed by atoms with van der Waals surface area (Å²) in [5, 5.41) is 10.6. The van der Waals surface area contributed by atoms with E-state index in [9.17, 15) is 14.3 Å². The zero-order chi connectivity index (χ0) is 20.4. The summed E-state index contributed by atoms with van der Waals surface area (Å²) in [5.74, 6) is -0.426. The molecule has 0 radical (unpaired) electrons. The Labute approximate surface area is 172 Å². The fourth-order valence-corrected chi connectivity index (χ4v) is 4.90. The van der Waals surface area contributed by atoms with Crippen molar-refractivity contribution in [2.45, 2.75) is 13.5 Å². The number of phenols is 1. The van der Waals surface area contributed by atoms with Gasteiger partial charge in [0.15, 0.2) is 0 Å². The number of carbonyl (C=O) groups excluding carboxylic acids is 1. The number of benzene rings is 2. The molecule has 0 amide bonds. The first-order valence-electron chi connectivity index (χ1n) is 9.70. The van der Waals surface area contributed by atoms with Crippen LogP contribution in [0.25, 0.3) is 10.1 Å². The van der Waals surface area contributed by atoms with Gasteiger partial charge in [-0.2, -0.15) is 0 Å². The first kappa shape index (κ1) is 19.7. The van der Waals surface area contributed by atoms with Gasteiger partial charge in [-0.25, -0.2) is 9.18 Å². The molecule has 0 atom stereocenters. The molecule has 152 valence electrons. The molecular formula is C22H23FN2O3S. The summed E-state index contributed by atoms with van der Waals surface area (Å²) in [7, 11) is 0. The van der Waals surface area contributed by atoms with E-state index in [-0.39, 0.29) is 18.2 Å². The number of nitrogens with zero attached hydrogens (tertiary/aromatic N) is 2. The lowest BCUT2D eigenvalue weighted by Crippen LogP contribution is -2.46. The molecule has 29 heavy (non-hydrogen) atoms. The maximum atomic E-state index is 14.6. The SMILES string of the molecule is CCOC(=O)c1sc2cccc(F)c2c1CN1CCN(c2ccccc2O)CC1. The van der Waals surface area contributed by atoms with E-state index in [0.717, 1.165) is 36.6 Å².